The molecule has 3 rings (SSSR count). The summed E-state index contributed by atoms with van der Waals surface area (Å²) in [4.78, 5) is 14.0. The van der Waals surface area contributed by atoms with Gasteiger partial charge in [-0.15, -0.1) is 0 Å². The summed E-state index contributed by atoms with van der Waals surface area (Å²) in [5.74, 6) is 0.336. The largest absolute Gasteiger partial charge is 0.373 e. The van der Waals surface area contributed by atoms with E-state index in [1.54, 1.807) is 17.9 Å². The Morgan fingerprint density at radius 3 is 2.24 bits per heavy atom. The highest BCUT2D eigenvalue weighted by molar-refractivity contribution is 7.86. The van der Waals surface area contributed by atoms with Gasteiger partial charge in [0.15, 0.2) is 5.69 Å². The van der Waals surface area contributed by atoms with Crippen LogP contribution in [-0.2, 0) is 14.9 Å². The van der Waals surface area contributed by atoms with E-state index in [0.29, 0.717) is 31.9 Å². The summed E-state index contributed by atoms with van der Waals surface area (Å²) in [6, 6.07) is 1.59. The number of piperazine rings is 1. The van der Waals surface area contributed by atoms with Crippen LogP contribution < -0.4 is 0 Å². The number of ether oxygens (including phenoxy) is 1. The summed E-state index contributed by atoms with van der Waals surface area (Å²) >= 11 is 0. The van der Waals surface area contributed by atoms with Crippen LogP contribution in [0.3, 0.4) is 0 Å². The first-order valence-electron chi connectivity index (χ1n) is 8.40. The van der Waals surface area contributed by atoms with Crippen molar-refractivity contribution in [2.24, 2.45) is 0 Å². The van der Waals surface area contributed by atoms with E-state index in [2.05, 4.69) is 5.16 Å². The van der Waals surface area contributed by atoms with Crippen molar-refractivity contribution in [1.29, 1.82) is 0 Å². The van der Waals surface area contributed by atoms with Crippen LogP contribution in [0.4, 0.5) is 0 Å². The molecule has 2 unspecified atom stereocenters. The fourth-order valence-electron chi connectivity index (χ4n) is 3.23. The van der Waals surface area contributed by atoms with Crippen molar-refractivity contribution < 1.29 is 22.5 Å². The number of morpholine rings is 1. The minimum atomic E-state index is -3.55. The number of nitrogens with zero attached hydrogens (tertiary/aromatic N) is 4. The molecule has 0 spiro atoms. The van der Waals surface area contributed by atoms with Crippen molar-refractivity contribution in [2.45, 2.75) is 33.0 Å². The molecule has 9 nitrogen and oxygen atoms in total. The Morgan fingerprint density at radius 1 is 1.12 bits per heavy atom. The molecule has 0 aliphatic carbocycles. The van der Waals surface area contributed by atoms with Gasteiger partial charge in [-0.25, -0.2) is 0 Å². The van der Waals surface area contributed by atoms with Crippen LogP contribution in [0.5, 0.6) is 0 Å². The molecule has 1 aromatic rings. The van der Waals surface area contributed by atoms with Gasteiger partial charge in [-0.3, -0.25) is 4.79 Å². The number of aromatic nitrogens is 1. The van der Waals surface area contributed by atoms with Crippen molar-refractivity contribution in [2.75, 3.05) is 39.3 Å². The number of carbonyl (C=O) groups excluding carboxylic acids is 1. The van der Waals surface area contributed by atoms with E-state index >= 15 is 0 Å². The second-order valence-electron chi connectivity index (χ2n) is 6.60. The lowest BCUT2D eigenvalue weighted by Crippen LogP contribution is -2.57. The molecule has 0 saturated carbocycles. The lowest BCUT2D eigenvalue weighted by atomic mass is 10.3. The molecule has 25 heavy (non-hydrogen) atoms. The van der Waals surface area contributed by atoms with Gasteiger partial charge in [0, 0.05) is 45.3 Å². The second-order valence-corrected chi connectivity index (χ2v) is 8.52. The molecular formula is C15H24N4O5S. The number of rotatable bonds is 3. The highest BCUT2D eigenvalue weighted by Gasteiger charge is 2.37. The molecule has 2 saturated heterocycles. The van der Waals surface area contributed by atoms with Gasteiger partial charge in [0.25, 0.3) is 16.1 Å². The van der Waals surface area contributed by atoms with Crippen LogP contribution in [-0.4, -0.2) is 84.5 Å². The van der Waals surface area contributed by atoms with Gasteiger partial charge in [0.2, 0.25) is 0 Å². The highest BCUT2D eigenvalue weighted by Crippen LogP contribution is 2.19. The average Bonchev–Trinajstić information content (AvgIpc) is 3.00. The molecule has 140 valence electrons. The molecular weight excluding hydrogens is 348 g/mol. The minimum absolute atomic E-state index is 0.128. The first-order valence-corrected chi connectivity index (χ1v) is 9.80. The van der Waals surface area contributed by atoms with Crippen LogP contribution in [0.2, 0.25) is 0 Å². The SMILES string of the molecule is Cc1cc(C(=O)N2CCN(S(=O)(=O)N3CC(C)OC(C)C3)CC2)no1. The lowest BCUT2D eigenvalue weighted by molar-refractivity contribution is -0.0457. The molecule has 3 heterocycles. The number of aryl methyl sites for hydroxylation is 1. The summed E-state index contributed by atoms with van der Waals surface area (Å²) in [5.41, 5.74) is 0.254. The van der Waals surface area contributed by atoms with E-state index in [1.807, 2.05) is 13.8 Å². The van der Waals surface area contributed by atoms with E-state index in [4.69, 9.17) is 9.26 Å². The van der Waals surface area contributed by atoms with Gasteiger partial charge in [-0.2, -0.15) is 17.0 Å². The molecule has 2 atom stereocenters. The third-order valence-corrected chi connectivity index (χ3v) is 6.38. The van der Waals surface area contributed by atoms with Crippen LogP contribution >= 0.6 is 0 Å². The van der Waals surface area contributed by atoms with Crippen LogP contribution in [0.1, 0.15) is 30.1 Å². The van der Waals surface area contributed by atoms with Gasteiger partial charge in [0.05, 0.1) is 12.2 Å². The zero-order valence-corrected chi connectivity index (χ0v) is 15.5. The molecule has 2 aliphatic heterocycles. The molecule has 2 aliphatic rings. The Labute approximate surface area is 147 Å². The number of hydrogen-bond acceptors (Lipinski definition) is 6. The fourth-order valence-corrected chi connectivity index (χ4v) is 4.98. The molecule has 0 aromatic carbocycles. The topological polar surface area (TPSA) is 96.2 Å². The summed E-state index contributed by atoms with van der Waals surface area (Å²) in [6.07, 6.45) is -0.256. The van der Waals surface area contributed by atoms with E-state index < -0.39 is 10.2 Å². The summed E-state index contributed by atoms with van der Waals surface area (Å²) in [5, 5.41) is 3.73. The molecule has 1 amide bonds. The third kappa shape index (κ3) is 3.86. The van der Waals surface area contributed by atoms with Crippen LogP contribution in [0, 0.1) is 6.92 Å². The Kier molecular flexibility index (Phi) is 5.14. The lowest BCUT2D eigenvalue weighted by Gasteiger charge is -2.40. The van der Waals surface area contributed by atoms with Gasteiger partial charge in [0.1, 0.15) is 5.76 Å². The van der Waals surface area contributed by atoms with Crippen LogP contribution in [0.15, 0.2) is 10.6 Å². The maximum Gasteiger partial charge on any atom is 0.282 e. The first kappa shape index (κ1) is 18.3. The average molecular weight is 372 g/mol. The van der Waals surface area contributed by atoms with E-state index in [0.717, 1.165) is 0 Å². The quantitative estimate of drug-likeness (QED) is 0.746. The minimum Gasteiger partial charge on any atom is -0.373 e. The van der Waals surface area contributed by atoms with Gasteiger partial charge in [-0.1, -0.05) is 5.16 Å². The number of amides is 1. The molecule has 1 aromatic heterocycles. The predicted molar refractivity (Wildman–Crippen MR) is 89.2 cm³/mol. The standard InChI is InChI=1S/C15H24N4O5S/c1-11-8-14(16-24-11)15(20)17-4-6-18(7-5-17)25(21,22)19-9-12(2)23-13(3)10-19/h8,12-13H,4-7,9-10H2,1-3H3. The molecule has 0 bridgehead atoms. The zero-order chi connectivity index (χ0) is 18.2. The van der Waals surface area contributed by atoms with Crippen molar-refractivity contribution in [1.82, 2.24) is 18.7 Å². The second kappa shape index (κ2) is 7.02. The summed E-state index contributed by atoms with van der Waals surface area (Å²) < 4.78 is 39.1. The van der Waals surface area contributed by atoms with Gasteiger partial charge in [-0.05, 0) is 20.8 Å². The van der Waals surface area contributed by atoms with Gasteiger partial charge < -0.3 is 14.2 Å². The molecule has 2 fully saturated rings. The van der Waals surface area contributed by atoms with Crippen LogP contribution in [0.25, 0.3) is 0 Å². The maximum atomic E-state index is 12.8. The van der Waals surface area contributed by atoms with Crippen molar-refractivity contribution in [3.63, 3.8) is 0 Å². The molecule has 0 radical (unpaired) electrons. The Bertz CT molecular complexity index is 716. The monoisotopic (exact) mass is 372 g/mol. The van der Waals surface area contributed by atoms with E-state index in [9.17, 15) is 13.2 Å². The number of hydrogen-bond donors (Lipinski definition) is 0. The zero-order valence-electron chi connectivity index (χ0n) is 14.7. The van der Waals surface area contributed by atoms with E-state index in [1.165, 1.54) is 8.61 Å². The Morgan fingerprint density at radius 2 is 1.72 bits per heavy atom. The Hall–Kier alpha value is -1.49. The van der Waals surface area contributed by atoms with Crippen molar-refractivity contribution >= 4 is 16.1 Å². The molecule has 10 heteroatoms. The highest BCUT2D eigenvalue weighted by atomic mass is 32.2. The summed E-state index contributed by atoms with van der Waals surface area (Å²) in [6.45, 7) is 7.37. The molecule has 0 N–H and O–H groups in total. The fraction of sp³-hybridized carbons (Fsp3) is 0.733. The smallest absolute Gasteiger partial charge is 0.282 e. The maximum absolute atomic E-state index is 12.8. The third-order valence-electron chi connectivity index (χ3n) is 4.41. The van der Waals surface area contributed by atoms with Crippen molar-refractivity contribution in [3.05, 3.63) is 17.5 Å². The Balaban J connectivity index is 1.62. The van der Waals surface area contributed by atoms with Crippen molar-refractivity contribution in [3.8, 4) is 0 Å². The van der Waals surface area contributed by atoms with Gasteiger partial charge >= 0.3 is 0 Å². The van der Waals surface area contributed by atoms with E-state index in [-0.39, 0.29) is 36.9 Å². The first-order chi connectivity index (χ1) is 11.8. The predicted octanol–water partition coefficient (Wildman–Crippen LogP) is 0.0948. The normalized spacial score (nSPS) is 26.8. The summed E-state index contributed by atoms with van der Waals surface area (Å²) in [7, 11) is -3.55. The number of carbonyl (C=O) groups is 1.